The second-order valence-corrected chi connectivity index (χ2v) is 7.05. The summed E-state index contributed by atoms with van der Waals surface area (Å²) in [4.78, 5) is 25.5. The van der Waals surface area contributed by atoms with Crippen LogP contribution in [0, 0.1) is 6.92 Å². The number of nitrogens with zero attached hydrogens (tertiary/aromatic N) is 4. The Morgan fingerprint density at radius 1 is 1.07 bits per heavy atom. The Kier molecular flexibility index (Phi) is 6.63. The first-order chi connectivity index (χ1) is 13.2. The van der Waals surface area contributed by atoms with Crippen molar-refractivity contribution in [2.45, 2.75) is 33.1 Å². The molecule has 1 aliphatic heterocycles. The maximum Gasteiger partial charge on any atom is 0.254 e. The molecule has 1 N–H and O–H groups in total. The molecule has 0 spiro atoms. The van der Waals surface area contributed by atoms with Gasteiger partial charge in [-0.15, -0.1) is 0 Å². The van der Waals surface area contributed by atoms with Gasteiger partial charge in [0, 0.05) is 50.8 Å². The standard InChI is InChI=1S/C21H29N5O/c1-3-4-5-9-22-20(27)18-15-23-21(24-16-18)26-12-10-25(11-13-26)19-8-6-7-17(2)14-19/h6-8,14-16H,3-5,9-13H2,1-2H3,(H,22,27). The minimum atomic E-state index is -0.0954. The van der Waals surface area contributed by atoms with Crippen LogP contribution in [0.5, 0.6) is 0 Å². The van der Waals surface area contributed by atoms with Gasteiger partial charge in [0.25, 0.3) is 5.91 Å². The van der Waals surface area contributed by atoms with E-state index in [1.54, 1.807) is 12.4 Å². The Morgan fingerprint density at radius 2 is 1.78 bits per heavy atom. The van der Waals surface area contributed by atoms with Gasteiger partial charge in [-0.05, 0) is 31.0 Å². The number of carbonyl (C=O) groups is 1. The molecule has 0 saturated carbocycles. The van der Waals surface area contributed by atoms with Crippen LogP contribution in [0.2, 0.25) is 0 Å². The van der Waals surface area contributed by atoms with E-state index < -0.39 is 0 Å². The minimum absolute atomic E-state index is 0.0954. The summed E-state index contributed by atoms with van der Waals surface area (Å²) >= 11 is 0. The van der Waals surface area contributed by atoms with E-state index in [1.165, 1.54) is 11.3 Å². The zero-order chi connectivity index (χ0) is 19.1. The monoisotopic (exact) mass is 367 g/mol. The smallest absolute Gasteiger partial charge is 0.254 e. The van der Waals surface area contributed by atoms with Crippen molar-refractivity contribution in [3.63, 3.8) is 0 Å². The first kappa shape index (κ1) is 19.1. The highest BCUT2D eigenvalue weighted by Gasteiger charge is 2.19. The molecule has 1 amide bonds. The Balaban J connectivity index is 1.52. The third kappa shape index (κ3) is 5.18. The van der Waals surface area contributed by atoms with Gasteiger partial charge in [-0.2, -0.15) is 0 Å². The van der Waals surface area contributed by atoms with E-state index in [9.17, 15) is 4.79 Å². The number of piperazine rings is 1. The summed E-state index contributed by atoms with van der Waals surface area (Å²) in [6, 6.07) is 8.61. The van der Waals surface area contributed by atoms with Crippen LogP contribution in [0.1, 0.15) is 42.1 Å². The van der Waals surface area contributed by atoms with Crippen molar-refractivity contribution in [3.05, 3.63) is 47.8 Å². The fourth-order valence-electron chi connectivity index (χ4n) is 3.27. The van der Waals surface area contributed by atoms with E-state index >= 15 is 0 Å². The van der Waals surface area contributed by atoms with Gasteiger partial charge in [0.05, 0.1) is 5.56 Å². The number of hydrogen-bond acceptors (Lipinski definition) is 5. The molecule has 2 heterocycles. The number of aromatic nitrogens is 2. The van der Waals surface area contributed by atoms with Gasteiger partial charge in [0.2, 0.25) is 5.95 Å². The molecule has 6 heteroatoms. The van der Waals surface area contributed by atoms with Crippen LogP contribution in [0.4, 0.5) is 11.6 Å². The van der Waals surface area contributed by atoms with Gasteiger partial charge < -0.3 is 15.1 Å². The third-order valence-electron chi connectivity index (χ3n) is 4.90. The molecule has 1 aromatic heterocycles. The molecule has 3 rings (SSSR count). The van der Waals surface area contributed by atoms with Gasteiger partial charge in [0.1, 0.15) is 0 Å². The topological polar surface area (TPSA) is 61.4 Å². The average molecular weight is 367 g/mol. The number of anilines is 2. The second-order valence-electron chi connectivity index (χ2n) is 7.05. The maximum absolute atomic E-state index is 12.1. The summed E-state index contributed by atoms with van der Waals surface area (Å²) < 4.78 is 0. The lowest BCUT2D eigenvalue weighted by atomic mass is 10.2. The quantitative estimate of drug-likeness (QED) is 0.762. The molecule has 1 fully saturated rings. The number of amides is 1. The van der Waals surface area contributed by atoms with Crippen molar-refractivity contribution in [1.82, 2.24) is 15.3 Å². The van der Waals surface area contributed by atoms with E-state index in [0.717, 1.165) is 45.4 Å². The van der Waals surface area contributed by atoms with Crippen LogP contribution >= 0.6 is 0 Å². The SMILES string of the molecule is CCCCCNC(=O)c1cnc(N2CCN(c3cccc(C)c3)CC2)nc1. The molecule has 0 bridgehead atoms. The lowest BCUT2D eigenvalue weighted by Crippen LogP contribution is -2.47. The highest BCUT2D eigenvalue weighted by molar-refractivity contribution is 5.93. The van der Waals surface area contributed by atoms with Gasteiger partial charge in [-0.3, -0.25) is 4.79 Å². The number of benzene rings is 1. The lowest BCUT2D eigenvalue weighted by Gasteiger charge is -2.36. The summed E-state index contributed by atoms with van der Waals surface area (Å²) in [6.45, 7) is 8.59. The molecule has 0 aliphatic carbocycles. The predicted octanol–water partition coefficient (Wildman–Crippen LogP) is 3.03. The zero-order valence-corrected chi connectivity index (χ0v) is 16.3. The van der Waals surface area contributed by atoms with Crippen molar-refractivity contribution in [2.75, 3.05) is 42.5 Å². The van der Waals surface area contributed by atoms with Gasteiger partial charge in [0.15, 0.2) is 0 Å². The van der Waals surface area contributed by atoms with Gasteiger partial charge in [-0.1, -0.05) is 31.9 Å². The summed E-state index contributed by atoms with van der Waals surface area (Å²) in [5.41, 5.74) is 3.07. The van der Waals surface area contributed by atoms with Crippen LogP contribution in [-0.4, -0.2) is 48.6 Å². The van der Waals surface area contributed by atoms with Gasteiger partial charge >= 0.3 is 0 Å². The normalized spacial score (nSPS) is 14.3. The first-order valence-corrected chi connectivity index (χ1v) is 9.84. The lowest BCUT2D eigenvalue weighted by molar-refractivity contribution is 0.0952. The van der Waals surface area contributed by atoms with E-state index in [2.05, 4.69) is 63.2 Å². The van der Waals surface area contributed by atoms with Crippen molar-refractivity contribution >= 4 is 17.5 Å². The van der Waals surface area contributed by atoms with E-state index in [4.69, 9.17) is 0 Å². The van der Waals surface area contributed by atoms with Crippen molar-refractivity contribution < 1.29 is 4.79 Å². The van der Waals surface area contributed by atoms with Crippen molar-refractivity contribution in [3.8, 4) is 0 Å². The maximum atomic E-state index is 12.1. The Hall–Kier alpha value is -2.63. The highest BCUT2D eigenvalue weighted by Crippen LogP contribution is 2.19. The molecule has 6 nitrogen and oxygen atoms in total. The number of nitrogens with one attached hydrogen (secondary N) is 1. The number of carbonyl (C=O) groups excluding carboxylic acids is 1. The summed E-state index contributed by atoms with van der Waals surface area (Å²) in [7, 11) is 0. The second kappa shape index (κ2) is 9.35. The summed E-state index contributed by atoms with van der Waals surface area (Å²) in [5, 5.41) is 2.92. The predicted molar refractivity (Wildman–Crippen MR) is 109 cm³/mol. The van der Waals surface area contributed by atoms with Crippen molar-refractivity contribution in [2.24, 2.45) is 0 Å². The molecule has 27 heavy (non-hydrogen) atoms. The number of aryl methyl sites for hydroxylation is 1. The molecule has 1 aliphatic rings. The first-order valence-electron chi connectivity index (χ1n) is 9.84. The molecule has 1 saturated heterocycles. The molecule has 144 valence electrons. The third-order valence-corrected chi connectivity index (χ3v) is 4.90. The van der Waals surface area contributed by atoms with Crippen LogP contribution in [-0.2, 0) is 0 Å². The van der Waals surface area contributed by atoms with Crippen molar-refractivity contribution in [1.29, 1.82) is 0 Å². The number of hydrogen-bond donors (Lipinski definition) is 1. The summed E-state index contributed by atoms with van der Waals surface area (Å²) in [6.07, 6.45) is 6.54. The van der Waals surface area contributed by atoms with E-state index in [1.807, 2.05) is 0 Å². The van der Waals surface area contributed by atoms with Crippen LogP contribution in [0.3, 0.4) is 0 Å². The van der Waals surface area contributed by atoms with Gasteiger partial charge in [-0.25, -0.2) is 9.97 Å². The molecule has 2 aromatic rings. The Labute approximate surface area is 161 Å². The van der Waals surface area contributed by atoms with E-state index in [0.29, 0.717) is 18.1 Å². The Morgan fingerprint density at radius 3 is 2.44 bits per heavy atom. The molecular weight excluding hydrogens is 338 g/mol. The molecular formula is C21H29N5O. The Bertz CT molecular complexity index is 738. The highest BCUT2D eigenvalue weighted by atomic mass is 16.1. The summed E-state index contributed by atoms with van der Waals surface area (Å²) in [5.74, 6) is 0.600. The molecule has 1 aromatic carbocycles. The van der Waals surface area contributed by atoms with Crippen LogP contribution in [0.15, 0.2) is 36.7 Å². The molecule has 0 unspecified atom stereocenters. The average Bonchev–Trinajstić information content (AvgIpc) is 2.71. The molecule has 0 atom stereocenters. The molecule has 0 radical (unpaired) electrons. The fraction of sp³-hybridized carbons (Fsp3) is 0.476. The minimum Gasteiger partial charge on any atom is -0.368 e. The van der Waals surface area contributed by atoms with Crippen LogP contribution < -0.4 is 15.1 Å². The number of unbranched alkanes of at least 4 members (excludes halogenated alkanes) is 2. The van der Waals surface area contributed by atoms with Crippen LogP contribution in [0.25, 0.3) is 0 Å². The largest absolute Gasteiger partial charge is 0.368 e. The number of rotatable bonds is 7. The fourth-order valence-corrected chi connectivity index (χ4v) is 3.27. The van der Waals surface area contributed by atoms with E-state index in [-0.39, 0.29) is 5.91 Å². The zero-order valence-electron chi connectivity index (χ0n) is 16.3.